The monoisotopic (exact) mass is 256 g/mol. The van der Waals surface area contributed by atoms with Gasteiger partial charge in [0.15, 0.2) is 11.5 Å². The van der Waals surface area contributed by atoms with Crippen molar-refractivity contribution < 1.29 is 9.47 Å². The highest BCUT2D eigenvalue weighted by Crippen LogP contribution is 2.34. The molecular formula is C11H13BrO2. The van der Waals surface area contributed by atoms with Gasteiger partial charge in [0.05, 0.1) is 13.2 Å². The molecule has 1 saturated carbocycles. The van der Waals surface area contributed by atoms with Crippen molar-refractivity contribution in [3.8, 4) is 11.5 Å². The van der Waals surface area contributed by atoms with Crippen molar-refractivity contribution >= 4 is 15.9 Å². The maximum absolute atomic E-state index is 5.78. The number of methoxy groups -OCH3 is 1. The Morgan fingerprint density at radius 1 is 1.29 bits per heavy atom. The highest BCUT2D eigenvalue weighted by Gasteiger charge is 2.20. The minimum Gasteiger partial charge on any atom is -0.493 e. The lowest BCUT2D eigenvalue weighted by molar-refractivity contribution is 0.116. The molecule has 0 saturated heterocycles. The van der Waals surface area contributed by atoms with E-state index in [1.54, 1.807) is 7.11 Å². The smallest absolute Gasteiger partial charge is 0.161 e. The van der Waals surface area contributed by atoms with Crippen LogP contribution in [0, 0.1) is 0 Å². The topological polar surface area (TPSA) is 18.5 Å². The number of hydrogen-bond acceptors (Lipinski definition) is 2. The van der Waals surface area contributed by atoms with E-state index >= 15 is 0 Å². The number of benzene rings is 1. The second-order valence-corrected chi connectivity index (χ2v) is 4.38. The Morgan fingerprint density at radius 2 is 2.07 bits per heavy atom. The van der Waals surface area contributed by atoms with E-state index < -0.39 is 0 Å². The first kappa shape index (κ1) is 9.84. The largest absolute Gasteiger partial charge is 0.493 e. The summed E-state index contributed by atoms with van der Waals surface area (Å²) in [7, 11) is 1.66. The zero-order chi connectivity index (χ0) is 9.97. The zero-order valence-electron chi connectivity index (χ0n) is 8.13. The normalized spacial score (nSPS) is 16.1. The summed E-state index contributed by atoms with van der Waals surface area (Å²) in [5, 5.41) is 0. The summed E-state index contributed by atoms with van der Waals surface area (Å²) in [6.45, 7) is 0. The lowest BCUT2D eigenvalue weighted by Gasteiger charge is -2.27. The van der Waals surface area contributed by atoms with Gasteiger partial charge in [-0.15, -0.1) is 0 Å². The molecule has 0 radical (unpaired) electrons. The van der Waals surface area contributed by atoms with Crippen molar-refractivity contribution in [1.29, 1.82) is 0 Å². The van der Waals surface area contributed by atoms with Crippen LogP contribution < -0.4 is 9.47 Å². The highest BCUT2D eigenvalue weighted by molar-refractivity contribution is 9.10. The van der Waals surface area contributed by atoms with Crippen LogP contribution in [0.25, 0.3) is 0 Å². The number of hydrogen-bond donors (Lipinski definition) is 0. The van der Waals surface area contributed by atoms with E-state index in [-0.39, 0.29) is 0 Å². The fourth-order valence-corrected chi connectivity index (χ4v) is 1.75. The van der Waals surface area contributed by atoms with Gasteiger partial charge < -0.3 is 9.47 Å². The Bertz CT molecular complexity index is 321. The summed E-state index contributed by atoms with van der Waals surface area (Å²) in [5.74, 6) is 1.65. The van der Waals surface area contributed by atoms with Crippen molar-refractivity contribution in [2.75, 3.05) is 7.11 Å². The average molecular weight is 257 g/mol. The van der Waals surface area contributed by atoms with Crippen molar-refractivity contribution in [3.63, 3.8) is 0 Å². The first-order chi connectivity index (χ1) is 6.79. The van der Waals surface area contributed by atoms with Crippen LogP contribution in [0.15, 0.2) is 22.7 Å². The molecule has 1 aromatic rings. The standard InChI is InChI=1S/C11H13BrO2/c1-13-11-7-8(12)5-6-10(11)14-9-3-2-4-9/h5-7,9H,2-4H2,1H3. The molecule has 0 spiro atoms. The van der Waals surface area contributed by atoms with Crippen LogP contribution in [0.2, 0.25) is 0 Å². The summed E-state index contributed by atoms with van der Waals surface area (Å²) < 4.78 is 12.0. The molecule has 0 N–H and O–H groups in total. The fraction of sp³-hybridized carbons (Fsp3) is 0.455. The predicted octanol–water partition coefficient (Wildman–Crippen LogP) is 3.39. The molecule has 0 amide bonds. The van der Waals surface area contributed by atoms with Gasteiger partial charge >= 0.3 is 0 Å². The molecule has 14 heavy (non-hydrogen) atoms. The Hall–Kier alpha value is -0.700. The molecule has 0 aliphatic heterocycles. The Morgan fingerprint density at radius 3 is 2.64 bits per heavy atom. The van der Waals surface area contributed by atoms with Crippen molar-refractivity contribution in [1.82, 2.24) is 0 Å². The SMILES string of the molecule is COc1cc(Br)ccc1OC1CCC1. The Labute approximate surface area is 92.3 Å². The van der Waals surface area contributed by atoms with Crippen molar-refractivity contribution in [2.45, 2.75) is 25.4 Å². The van der Waals surface area contributed by atoms with Crippen LogP contribution in [-0.2, 0) is 0 Å². The summed E-state index contributed by atoms with van der Waals surface area (Å²) in [5.41, 5.74) is 0. The van der Waals surface area contributed by atoms with Crippen LogP contribution in [0.3, 0.4) is 0 Å². The first-order valence-corrected chi connectivity index (χ1v) is 5.59. The molecule has 3 heteroatoms. The van der Waals surface area contributed by atoms with E-state index in [0.717, 1.165) is 16.0 Å². The molecule has 2 nitrogen and oxygen atoms in total. The van der Waals surface area contributed by atoms with Crippen LogP contribution in [0.4, 0.5) is 0 Å². The maximum Gasteiger partial charge on any atom is 0.161 e. The van der Waals surface area contributed by atoms with Gasteiger partial charge in [-0.2, -0.15) is 0 Å². The number of halogens is 1. The molecule has 76 valence electrons. The zero-order valence-corrected chi connectivity index (χ0v) is 9.71. The minimum absolute atomic E-state index is 0.394. The lowest BCUT2D eigenvalue weighted by atomic mass is 9.96. The second kappa shape index (κ2) is 4.22. The van der Waals surface area contributed by atoms with Crippen molar-refractivity contribution in [2.24, 2.45) is 0 Å². The molecule has 0 heterocycles. The molecule has 1 fully saturated rings. The molecule has 1 aromatic carbocycles. The summed E-state index contributed by atoms with van der Waals surface area (Å²) in [6.07, 6.45) is 4.01. The van der Waals surface area contributed by atoms with Gasteiger partial charge in [0.25, 0.3) is 0 Å². The number of ether oxygens (including phenoxy) is 2. The first-order valence-electron chi connectivity index (χ1n) is 4.80. The number of rotatable bonds is 3. The second-order valence-electron chi connectivity index (χ2n) is 3.47. The van der Waals surface area contributed by atoms with E-state index in [1.165, 1.54) is 19.3 Å². The summed E-state index contributed by atoms with van der Waals surface area (Å²) in [4.78, 5) is 0. The maximum atomic E-state index is 5.78. The molecular weight excluding hydrogens is 244 g/mol. The van der Waals surface area contributed by atoms with Gasteiger partial charge in [0.2, 0.25) is 0 Å². The summed E-state index contributed by atoms with van der Waals surface area (Å²) in [6, 6.07) is 5.84. The van der Waals surface area contributed by atoms with Gasteiger partial charge in [-0.05, 0) is 37.5 Å². The van der Waals surface area contributed by atoms with Crippen molar-refractivity contribution in [3.05, 3.63) is 22.7 Å². The highest BCUT2D eigenvalue weighted by atomic mass is 79.9. The lowest BCUT2D eigenvalue weighted by Crippen LogP contribution is -2.24. The van der Waals surface area contributed by atoms with E-state index in [9.17, 15) is 0 Å². The van der Waals surface area contributed by atoms with Crippen LogP contribution in [0.5, 0.6) is 11.5 Å². The van der Waals surface area contributed by atoms with Gasteiger partial charge in [-0.1, -0.05) is 15.9 Å². The van der Waals surface area contributed by atoms with Gasteiger partial charge in [0, 0.05) is 4.47 Å². The molecule has 0 unspecified atom stereocenters. The van der Waals surface area contributed by atoms with Crippen LogP contribution >= 0.6 is 15.9 Å². The fourth-order valence-electron chi connectivity index (χ4n) is 1.41. The van der Waals surface area contributed by atoms with E-state index in [0.29, 0.717) is 6.10 Å². The van der Waals surface area contributed by atoms with E-state index in [1.807, 2.05) is 18.2 Å². The molecule has 1 aliphatic carbocycles. The Balaban J connectivity index is 2.14. The third-order valence-corrected chi connectivity index (χ3v) is 2.96. The van der Waals surface area contributed by atoms with Gasteiger partial charge in [-0.25, -0.2) is 0 Å². The van der Waals surface area contributed by atoms with E-state index in [2.05, 4.69) is 15.9 Å². The molecule has 2 rings (SSSR count). The predicted molar refractivity (Wildman–Crippen MR) is 59.0 cm³/mol. The average Bonchev–Trinajstić information content (AvgIpc) is 2.13. The van der Waals surface area contributed by atoms with Crippen LogP contribution in [-0.4, -0.2) is 13.2 Å². The van der Waals surface area contributed by atoms with Crippen LogP contribution in [0.1, 0.15) is 19.3 Å². The third kappa shape index (κ3) is 2.03. The van der Waals surface area contributed by atoms with Gasteiger partial charge in [0.1, 0.15) is 0 Å². The molecule has 0 atom stereocenters. The third-order valence-electron chi connectivity index (χ3n) is 2.47. The quantitative estimate of drug-likeness (QED) is 0.826. The molecule has 0 aromatic heterocycles. The Kier molecular flexibility index (Phi) is 2.96. The minimum atomic E-state index is 0.394. The van der Waals surface area contributed by atoms with E-state index in [4.69, 9.17) is 9.47 Å². The molecule has 0 bridgehead atoms. The van der Waals surface area contributed by atoms with Gasteiger partial charge in [-0.3, -0.25) is 0 Å². The summed E-state index contributed by atoms with van der Waals surface area (Å²) >= 11 is 3.40. The molecule has 1 aliphatic rings.